The van der Waals surface area contributed by atoms with Crippen LogP contribution in [0.1, 0.15) is 444 Å². The van der Waals surface area contributed by atoms with Gasteiger partial charge in [0, 0.05) is 12.8 Å². The number of aliphatic hydroxyl groups is 2. The van der Waals surface area contributed by atoms with Crippen molar-refractivity contribution in [2.75, 3.05) is 13.2 Å². The third-order valence-electron chi connectivity index (χ3n) is 18.6. The number of hydrogen-bond donors (Lipinski definition) is 3. The van der Waals surface area contributed by atoms with Crippen molar-refractivity contribution in [2.24, 2.45) is 0 Å². The number of unbranched alkanes of at least 4 members (excludes halogenated alkanes) is 60. The summed E-state index contributed by atoms with van der Waals surface area (Å²) < 4.78 is 5.51. The molecule has 0 aromatic carbocycles. The standard InChI is InChI=1S/C81H155NO5/c1-3-5-7-9-11-13-15-17-19-21-22-23-24-29-32-35-38-42-45-49-53-57-61-65-69-73-79(84)78(77-83)82-80(85)74-70-66-62-58-54-50-46-43-39-36-33-30-27-25-26-28-31-34-37-40-44-48-52-56-60-64-68-72-76-87-81(86)75-71-67-63-59-55-51-47-41-20-18-16-14-12-10-8-6-4-2/h18,20,25-26,69,73,78-79,83-84H,3-17,19,21-24,27-68,70-72,74-77H2,1-2H3,(H,82,85)/b20-18-,26-25-,73-69+. The number of carbonyl (C=O) groups is 2. The molecule has 0 fully saturated rings. The maximum Gasteiger partial charge on any atom is 0.305 e. The van der Waals surface area contributed by atoms with Crippen LogP contribution in [-0.4, -0.2) is 47.4 Å². The molecule has 0 radical (unpaired) electrons. The van der Waals surface area contributed by atoms with E-state index >= 15 is 0 Å². The lowest BCUT2D eigenvalue weighted by Gasteiger charge is -2.20. The predicted octanol–water partition coefficient (Wildman–Crippen LogP) is 26.2. The molecule has 0 aliphatic heterocycles. The highest BCUT2D eigenvalue weighted by molar-refractivity contribution is 5.76. The van der Waals surface area contributed by atoms with Gasteiger partial charge in [-0.05, 0) is 83.5 Å². The van der Waals surface area contributed by atoms with Gasteiger partial charge < -0.3 is 20.3 Å². The second-order valence-electron chi connectivity index (χ2n) is 27.4. The number of hydrogen-bond acceptors (Lipinski definition) is 5. The Bertz CT molecular complexity index is 1410. The number of allylic oxidation sites excluding steroid dienone is 5. The first-order valence-corrected chi connectivity index (χ1v) is 39.8. The molecule has 0 aromatic rings. The Morgan fingerprint density at radius 2 is 0.540 bits per heavy atom. The summed E-state index contributed by atoms with van der Waals surface area (Å²) in [6.45, 7) is 4.95. The number of amides is 1. The SMILES string of the molecule is CCCCCCCC/C=C\CCCCCCCCCC(=O)OCCCCCCCCCCCCCC/C=C\CCCCCCCCCCCCCCC(=O)NC(CO)C(O)/C=C/CCCCCCCCCCCCCCCCCCCCCCCCC. The maximum absolute atomic E-state index is 12.6. The van der Waals surface area contributed by atoms with Crippen LogP contribution in [0.25, 0.3) is 0 Å². The zero-order valence-corrected chi connectivity index (χ0v) is 59.0. The fraction of sp³-hybridized carbons (Fsp3) is 0.901. The molecule has 0 aliphatic carbocycles. The Morgan fingerprint density at radius 1 is 0.310 bits per heavy atom. The summed E-state index contributed by atoms with van der Waals surface area (Å²) >= 11 is 0. The highest BCUT2D eigenvalue weighted by Crippen LogP contribution is 2.19. The summed E-state index contributed by atoms with van der Waals surface area (Å²) in [6, 6.07) is -0.630. The fourth-order valence-electron chi connectivity index (χ4n) is 12.6. The molecule has 0 saturated carbocycles. The highest BCUT2D eigenvalue weighted by atomic mass is 16.5. The van der Waals surface area contributed by atoms with Crippen molar-refractivity contribution in [2.45, 2.75) is 456 Å². The van der Waals surface area contributed by atoms with Gasteiger partial charge in [-0.2, -0.15) is 0 Å². The molecule has 0 aliphatic rings. The monoisotopic (exact) mass is 1220 g/mol. The van der Waals surface area contributed by atoms with Gasteiger partial charge >= 0.3 is 5.97 Å². The number of esters is 1. The van der Waals surface area contributed by atoms with Gasteiger partial charge in [0.2, 0.25) is 5.91 Å². The van der Waals surface area contributed by atoms with Gasteiger partial charge in [0.05, 0.1) is 25.4 Å². The van der Waals surface area contributed by atoms with Gasteiger partial charge in [0.25, 0.3) is 0 Å². The molecule has 2 unspecified atom stereocenters. The summed E-state index contributed by atoms with van der Waals surface area (Å²) in [6.07, 6.45) is 99.7. The molecule has 87 heavy (non-hydrogen) atoms. The van der Waals surface area contributed by atoms with Gasteiger partial charge in [-0.15, -0.1) is 0 Å². The average molecular weight is 1220 g/mol. The van der Waals surface area contributed by atoms with E-state index in [9.17, 15) is 19.8 Å². The lowest BCUT2D eigenvalue weighted by Crippen LogP contribution is -2.45. The molecule has 0 spiro atoms. The van der Waals surface area contributed by atoms with E-state index < -0.39 is 12.1 Å². The lowest BCUT2D eigenvalue weighted by atomic mass is 10.0. The smallest absolute Gasteiger partial charge is 0.305 e. The van der Waals surface area contributed by atoms with Gasteiger partial charge in [0.1, 0.15) is 0 Å². The molecule has 1 amide bonds. The molecule has 0 saturated heterocycles. The zero-order chi connectivity index (χ0) is 62.8. The number of aliphatic hydroxyl groups excluding tert-OH is 2. The molecule has 6 heteroatoms. The number of nitrogens with one attached hydrogen (secondary N) is 1. The molecule has 6 nitrogen and oxygen atoms in total. The lowest BCUT2D eigenvalue weighted by molar-refractivity contribution is -0.143. The van der Waals surface area contributed by atoms with Gasteiger partial charge in [-0.3, -0.25) is 9.59 Å². The highest BCUT2D eigenvalue weighted by Gasteiger charge is 2.18. The van der Waals surface area contributed by atoms with E-state index in [1.807, 2.05) is 6.08 Å². The third kappa shape index (κ3) is 73.0. The fourth-order valence-corrected chi connectivity index (χ4v) is 12.6. The first-order valence-electron chi connectivity index (χ1n) is 39.8. The number of carbonyl (C=O) groups excluding carboxylic acids is 2. The summed E-state index contributed by atoms with van der Waals surface area (Å²) in [5.74, 6) is -0.0500. The molecule has 0 aromatic heterocycles. The van der Waals surface area contributed by atoms with Crippen LogP contribution in [0, 0.1) is 0 Å². The van der Waals surface area contributed by atoms with Crippen LogP contribution in [-0.2, 0) is 14.3 Å². The molecule has 0 heterocycles. The van der Waals surface area contributed by atoms with Crippen LogP contribution >= 0.6 is 0 Å². The Balaban J connectivity index is 3.40. The van der Waals surface area contributed by atoms with Crippen molar-refractivity contribution in [1.29, 1.82) is 0 Å². The summed E-state index contributed by atoms with van der Waals surface area (Å²) in [7, 11) is 0. The van der Waals surface area contributed by atoms with Gasteiger partial charge in [0.15, 0.2) is 0 Å². The van der Waals surface area contributed by atoms with E-state index in [0.717, 1.165) is 44.9 Å². The Hall–Kier alpha value is -1.92. The summed E-state index contributed by atoms with van der Waals surface area (Å²) in [5.41, 5.74) is 0. The first-order chi connectivity index (χ1) is 43.0. The predicted molar refractivity (Wildman–Crippen MR) is 384 cm³/mol. The van der Waals surface area contributed by atoms with Crippen molar-refractivity contribution in [3.8, 4) is 0 Å². The molecule has 0 bridgehead atoms. The second kappa shape index (κ2) is 76.5. The maximum atomic E-state index is 12.6. The summed E-state index contributed by atoms with van der Waals surface area (Å²) in [4.78, 5) is 24.7. The van der Waals surface area contributed by atoms with Crippen molar-refractivity contribution >= 4 is 11.9 Å². The average Bonchev–Trinajstić information content (AvgIpc) is 3.53. The van der Waals surface area contributed by atoms with E-state index in [1.165, 1.54) is 372 Å². The Labute approximate surface area is 544 Å². The summed E-state index contributed by atoms with van der Waals surface area (Å²) in [5, 5.41) is 23.3. The zero-order valence-electron chi connectivity index (χ0n) is 59.0. The molecule has 2 atom stereocenters. The van der Waals surface area contributed by atoms with Crippen LogP contribution in [0.4, 0.5) is 0 Å². The van der Waals surface area contributed by atoms with E-state index in [0.29, 0.717) is 19.4 Å². The van der Waals surface area contributed by atoms with Crippen LogP contribution < -0.4 is 5.32 Å². The van der Waals surface area contributed by atoms with Crippen molar-refractivity contribution in [1.82, 2.24) is 5.32 Å². The first kappa shape index (κ1) is 85.1. The van der Waals surface area contributed by atoms with Crippen LogP contribution in [0.3, 0.4) is 0 Å². The molecule has 3 N–H and O–H groups in total. The molecule has 514 valence electrons. The minimum Gasteiger partial charge on any atom is -0.466 e. The normalized spacial score (nSPS) is 12.6. The minimum atomic E-state index is -0.847. The van der Waals surface area contributed by atoms with E-state index in [1.54, 1.807) is 6.08 Å². The quantitative estimate of drug-likeness (QED) is 0.0320. The Morgan fingerprint density at radius 3 is 0.816 bits per heavy atom. The topological polar surface area (TPSA) is 95.9 Å². The van der Waals surface area contributed by atoms with Gasteiger partial charge in [-0.25, -0.2) is 0 Å². The van der Waals surface area contributed by atoms with Gasteiger partial charge in [-0.1, -0.05) is 384 Å². The minimum absolute atomic E-state index is 0.0130. The van der Waals surface area contributed by atoms with Crippen molar-refractivity contribution in [3.05, 3.63) is 36.5 Å². The Kier molecular flexibility index (Phi) is 74.8. The van der Waals surface area contributed by atoms with E-state index in [2.05, 4.69) is 43.5 Å². The van der Waals surface area contributed by atoms with E-state index in [-0.39, 0.29) is 18.5 Å². The second-order valence-corrected chi connectivity index (χ2v) is 27.4. The number of rotatable bonds is 75. The molecular weight excluding hydrogens is 1070 g/mol. The molecular formula is C81H155NO5. The number of ether oxygens (including phenoxy) is 1. The van der Waals surface area contributed by atoms with E-state index in [4.69, 9.17) is 4.74 Å². The van der Waals surface area contributed by atoms with Crippen molar-refractivity contribution in [3.63, 3.8) is 0 Å². The van der Waals surface area contributed by atoms with Crippen LogP contribution in [0.2, 0.25) is 0 Å². The van der Waals surface area contributed by atoms with Crippen LogP contribution in [0.15, 0.2) is 36.5 Å². The van der Waals surface area contributed by atoms with Crippen LogP contribution in [0.5, 0.6) is 0 Å². The molecule has 0 rings (SSSR count). The van der Waals surface area contributed by atoms with Crippen molar-refractivity contribution < 1.29 is 24.5 Å². The largest absolute Gasteiger partial charge is 0.466 e. The third-order valence-corrected chi connectivity index (χ3v) is 18.6.